The Kier molecular flexibility index (Phi) is 9.21. The second-order valence-corrected chi connectivity index (χ2v) is 11.0. The zero-order chi connectivity index (χ0) is 28.7. The normalized spacial score (nSPS) is 14.9. The third-order valence-corrected chi connectivity index (χ3v) is 7.87. The van der Waals surface area contributed by atoms with Crippen LogP contribution in [0.1, 0.15) is 78.8 Å². The highest BCUT2D eigenvalue weighted by Crippen LogP contribution is 2.31. The molecule has 0 saturated carbocycles. The number of hydrogen-bond donors (Lipinski definition) is 1. The summed E-state index contributed by atoms with van der Waals surface area (Å²) < 4.78 is 5.71. The van der Waals surface area contributed by atoms with Crippen molar-refractivity contribution in [2.75, 3.05) is 0 Å². The number of benzene rings is 4. The fourth-order valence-electron chi connectivity index (χ4n) is 5.06. The molecule has 0 aliphatic carbocycles. The second kappa shape index (κ2) is 12.8. The topological polar surface area (TPSA) is 63.6 Å². The van der Waals surface area contributed by atoms with Gasteiger partial charge in [-0.15, -0.1) is 0 Å². The summed E-state index contributed by atoms with van der Waals surface area (Å²) in [7, 11) is 0. The minimum Gasteiger partial charge on any atom is -0.478 e. The summed E-state index contributed by atoms with van der Waals surface area (Å²) in [6.45, 7) is 7.56. The molecule has 0 radical (unpaired) electrons. The molecule has 0 fully saturated rings. The number of carbonyl (C=O) groups excluding carboxylic acids is 1. The van der Waals surface area contributed by atoms with Crippen molar-refractivity contribution in [1.29, 1.82) is 0 Å². The molecule has 0 spiro atoms. The predicted molar refractivity (Wildman–Crippen MR) is 160 cm³/mol. The molecular weight excluding hydrogens is 496 g/mol. The predicted octanol–water partition coefficient (Wildman–Crippen LogP) is 8.03. The Hall–Kier alpha value is -4.18. The van der Waals surface area contributed by atoms with Crippen molar-refractivity contribution in [2.45, 2.75) is 63.9 Å². The van der Waals surface area contributed by atoms with Crippen LogP contribution in [0.5, 0.6) is 0 Å². The largest absolute Gasteiger partial charge is 0.478 e. The van der Waals surface area contributed by atoms with Crippen LogP contribution in [0.15, 0.2) is 109 Å². The van der Waals surface area contributed by atoms with Crippen LogP contribution in [-0.4, -0.2) is 17.0 Å². The van der Waals surface area contributed by atoms with E-state index in [9.17, 15) is 14.7 Å². The van der Waals surface area contributed by atoms with Gasteiger partial charge in [0.2, 0.25) is 5.60 Å². The first kappa shape index (κ1) is 28.8. The summed E-state index contributed by atoms with van der Waals surface area (Å²) in [5, 5.41) is 10.1. The van der Waals surface area contributed by atoms with Crippen LogP contribution in [0.2, 0.25) is 0 Å². The number of rotatable bonds is 11. The van der Waals surface area contributed by atoms with Gasteiger partial charge in [0.1, 0.15) is 0 Å². The van der Waals surface area contributed by atoms with E-state index in [1.165, 1.54) is 23.6 Å². The molecule has 4 aromatic carbocycles. The third kappa shape index (κ3) is 6.87. The summed E-state index contributed by atoms with van der Waals surface area (Å²) in [5.41, 5.74) is 4.24. The second-order valence-electron chi connectivity index (χ2n) is 11.0. The van der Waals surface area contributed by atoms with Gasteiger partial charge < -0.3 is 9.84 Å². The first-order chi connectivity index (χ1) is 19.2. The van der Waals surface area contributed by atoms with E-state index < -0.39 is 23.5 Å². The first-order valence-corrected chi connectivity index (χ1v) is 13.9. The van der Waals surface area contributed by atoms with Gasteiger partial charge in [0, 0.05) is 5.56 Å². The summed E-state index contributed by atoms with van der Waals surface area (Å²) in [6, 6.07) is 35.9. The maximum absolute atomic E-state index is 13.2. The van der Waals surface area contributed by atoms with E-state index in [0.717, 1.165) is 24.0 Å². The van der Waals surface area contributed by atoms with Crippen LogP contribution < -0.4 is 0 Å². The molecule has 0 amide bonds. The molecule has 4 unspecified atom stereocenters. The van der Waals surface area contributed by atoms with Crippen molar-refractivity contribution in [1.82, 2.24) is 0 Å². The number of esters is 1. The number of aliphatic carboxylic acids is 1. The highest BCUT2D eigenvalue weighted by Gasteiger charge is 2.40. The molecule has 4 nitrogen and oxygen atoms in total. The van der Waals surface area contributed by atoms with Crippen LogP contribution in [-0.2, 0) is 32.8 Å². The third-order valence-electron chi connectivity index (χ3n) is 7.87. The molecule has 0 saturated heterocycles. The minimum absolute atomic E-state index is 0.324. The van der Waals surface area contributed by atoms with E-state index in [2.05, 4.69) is 38.1 Å². The molecule has 1 N–H and O–H groups in total. The zero-order valence-corrected chi connectivity index (χ0v) is 23.7. The standard InChI is InChI=1S/C36H38O4/c1-25(30-11-7-5-8-12-30)23-28-15-19-32(20-16-28)27(3)34(37)40-36(4,35(38)39)33-21-17-29(18-22-33)24-26(2)31-13-9-6-10-14-31/h5-22,25-27H,23-24H2,1-4H3,(H,38,39). The lowest BCUT2D eigenvalue weighted by Crippen LogP contribution is -2.38. The highest BCUT2D eigenvalue weighted by molar-refractivity contribution is 5.85. The average Bonchev–Trinajstić information content (AvgIpc) is 2.98. The van der Waals surface area contributed by atoms with Gasteiger partial charge >= 0.3 is 11.9 Å². The maximum atomic E-state index is 13.2. The van der Waals surface area contributed by atoms with Gasteiger partial charge in [-0.1, -0.05) is 123 Å². The fraction of sp³-hybridized carbons (Fsp3) is 0.278. The molecule has 0 bridgehead atoms. The molecule has 4 atom stereocenters. The Bertz CT molecular complexity index is 1400. The lowest BCUT2D eigenvalue weighted by molar-refractivity contribution is -0.179. The molecule has 0 aliphatic rings. The molecule has 0 aliphatic heterocycles. The number of hydrogen-bond acceptors (Lipinski definition) is 3. The van der Waals surface area contributed by atoms with Gasteiger partial charge in [-0.05, 0) is 66.3 Å². The van der Waals surface area contributed by atoms with Crippen LogP contribution >= 0.6 is 0 Å². The lowest BCUT2D eigenvalue weighted by Gasteiger charge is -2.27. The first-order valence-electron chi connectivity index (χ1n) is 13.9. The van der Waals surface area contributed by atoms with E-state index in [1.807, 2.05) is 72.8 Å². The van der Waals surface area contributed by atoms with Crippen molar-refractivity contribution in [3.05, 3.63) is 143 Å². The van der Waals surface area contributed by atoms with Gasteiger partial charge in [0.05, 0.1) is 5.92 Å². The van der Waals surface area contributed by atoms with Gasteiger partial charge in [0.15, 0.2) is 0 Å². The fourth-order valence-corrected chi connectivity index (χ4v) is 5.06. The van der Waals surface area contributed by atoms with E-state index in [4.69, 9.17) is 4.74 Å². The maximum Gasteiger partial charge on any atom is 0.352 e. The number of carboxylic acids is 1. The van der Waals surface area contributed by atoms with E-state index >= 15 is 0 Å². The molecular formula is C36H38O4. The van der Waals surface area contributed by atoms with Crippen molar-refractivity contribution < 1.29 is 19.4 Å². The molecule has 0 heterocycles. The van der Waals surface area contributed by atoms with Crippen LogP contribution in [0.25, 0.3) is 0 Å². The summed E-state index contributed by atoms with van der Waals surface area (Å²) >= 11 is 0. The van der Waals surface area contributed by atoms with Crippen LogP contribution in [0.4, 0.5) is 0 Å². The molecule has 4 heteroatoms. The smallest absolute Gasteiger partial charge is 0.352 e. The van der Waals surface area contributed by atoms with Crippen molar-refractivity contribution in [3.63, 3.8) is 0 Å². The van der Waals surface area contributed by atoms with Crippen molar-refractivity contribution in [2.24, 2.45) is 0 Å². The van der Waals surface area contributed by atoms with Gasteiger partial charge in [0.25, 0.3) is 0 Å². The molecule has 0 aromatic heterocycles. The zero-order valence-electron chi connectivity index (χ0n) is 23.7. The summed E-state index contributed by atoms with van der Waals surface area (Å²) in [4.78, 5) is 25.5. The summed E-state index contributed by atoms with van der Waals surface area (Å²) in [6.07, 6.45) is 1.71. The Labute approximate surface area is 237 Å². The lowest BCUT2D eigenvalue weighted by atomic mass is 9.90. The van der Waals surface area contributed by atoms with Gasteiger partial charge in [-0.2, -0.15) is 0 Å². The van der Waals surface area contributed by atoms with Crippen LogP contribution in [0, 0.1) is 0 Å². The quantitative estimate of drug-likeness (QED) is 0.198. The number of carbonyl (C=O) groups is 2. The summed E-state index contributed by atoms with van der Waals surface area (Å²) in [5.74, 6) is -1.69. The molecule has 206 valence electrons. The van der Waals surface area contributed by atoms with E-state index in [0.29, 0.717) is 17.4 Å². The van der Waals surface area contributed by atoms with Crippen molar-refractivity contribution >= 4 is 11.9 Å². The SMILES string of the molecule is CC(Cc1ccc(C(C)C(=O)OC(C)(C(=O)O)c2ccc(CC(C)c3ccccc3)cc2)cc1)c1ccccc1. The molecule has 4 aromatic rings. The van der Waals surface area contributed by atoms with Crippen LogP contribution in [0.3, 0.4) is 0 Å². The Balaban J connectivity index is 1.41. The average molecular weight is 535 g/mol. The Morgan fingerprint density at radius 2 is 1.07 bits per heavy atom. The van der Waals surface area contributed by atoms with Gasteiger partial charge in [-0.25, -0.2) is 4.79 Å². The number of carboxylic acid groups (broad SMARTS) is 1. The van der Waals surface area contributed by atoms with E-state index in [-0.39, 0.29) is 0 Å². The monoisotopic (exact) mass is 534 g/mol. The Morgan fingerprint density at radius 3 is 1.50 bits per heavy atom. The van der Waals surface area contributed by atoms with Gasteiger partial charge in [-0.3, -0.25) is 4.79 Å². The molecule has 4 rings (SSSR count). The van der Waals surface area contributed by atoms with Crippen molar-refractivity contribution in [3.8, 4) is 0 Å². The van der Waals surface area contributed by atoms with E-state index in [1.54, 1.807) is 19.1 Å². The number of ether oxygens (including phenoxy) is 1. The minimum atomic E-state index is -1.79. The molecule has 40 heavy (non-hydrogen) atoms. The highest BCUT2D eigenvalue weighted by atomic mass is 16.6. The Morgan fingerprint density at radius 1 is 0.650 bits per heavy atom.